The molecule has 1 aliphatic heterocycles. The third-order valence-corrected chi connectivity index (χ3v) is 7.75. The van der Waals surface area contributed by atoms with Crippen LogP contribution in [0.1, 0.15) is 33.5 Å². The van der Waals surface area contributed by atoms with Crippen LogP contribution in [0.3, 0.4) is 0 Å². The summed E-state index contributed by atoms with van der Waals surface area (Å²) in [4.78, 5) is 66.4. The van der Waals surface area contributed by atoms with Crippen LogP contribution in [0.4, 0.5) is 27.5 Å². The van der Waals surface area contributed by atoms with Crippen molar-refractivity contribution in [3.63, 3.8) is 0 Å². The van der Waals surface area contributed by atoms with Gasteiger partial charge < -0.3 is 30.9 Å². The van der Waals surface area contributed by atoms with E-state index in [1.807, 2.05) is 61.5 Å². The van der Waals surface area contributed by atoms with Gasteiger partial charge in [-0.25, -0.2) is 4.79 Å². The molecule has 0 aromatic heterocycles. The lowest BCUT2D eigenvalue weighted by molar-refractivity contribution is -0.137. The first kappa shape index (κ1) is 32.4. The Labute approximate surface area is 272 Å². The summed E-state index contributed by atoms with van der Waals surface area (Å²) in [6.45, 7) is 1.84. The molecule has 0 saturated carbocycles. The molecule has 4 aromatic carbocycles. The lowest BCUT2D eigenvalue weighted by Crippen LogP contribution is -2.40. The number of nitrogens with zero attached hydrogens (tertiary/aromatic N) is 2. The van der Waals surface area contributed by atoms with Gasteiger partial charge in [-0.3, -0.25) is 19.2 Å². The number of fused-ring (bicyclic) bond motifs is 1. The number of rotatable bonds is 11. The summed E-state index contributed by atoms with van der Waals surface area (Å²) in [6.07, 6.45) is 0.285. The fraction of sp³-hybridized carbons (Fsp3) is 0.194. The standard InChI is InChI=1S/C36H35N5O6/c1-24-7-5-6-10-30(24)39-36(47)38-27-13-11-26(12-14-27)21-32(42)37-28-15-16-31-29(22-28)35(46)40(19-18-34(44)45)23-33(43)41(31)20-17-25-8-3-2-4-9-25/h2-16,22H,17-21,23H2,1H3,(H,37,42)(H,44,45)(H2,38,39,47). The molecule has 240 valence electrons. The highest BCUT2D eigenvalue weighted by molar-refractivity contribution is 6.10. The molecule has 0 radical (unpaired) electrons. The monoisotopic (exact) mass is 633 g/mol. The summed E-state index contributed by atoms with van der Waals surface area (Å²) < 4.78 is 0. The van der Waals surface area contributed by atoms with E-state index in [9.17, 15) is 29.1 Å². The summed E-state index contributed by atoms with van der Waals surface area (Å²) in [7, 11) is 0. The van der Waals surface area contributed by atoms with Gasteiger partial charge in [0.2, 0.25) is 11.8 Å². The second-order valence-corrected chi connectivity index (χ2v) is 11.2. The van der Waals surface area contributed by atoms with Crippen LogP contribution in [0.15, 0.2) is 97.1 Å². The van der Waals surface area contributed by atoms with Crippen LogP contribution >= 0.6 is 0 Å². The number of aryl methyl sites for hydroxylation is 1. The van der Waals surface area contributed by atoms with Crippen molar-refractivity contribution < 1.29 is 29.1 Å². The SMILES string of the molecule is Cc1ccccc1NC(=O)Nc1ccc(CC(=O)Nc2ccc3c(c2)C(=O)N(CCC(=O)O)CC(=O)N3CCc2ccccc2)cc1. The second kappa shape index (κ2) is 14.9. The molecule has 0 bridgehead atoms. The number of para-hydroxylation sites is 1. The number of amides is 5. The van der Waals surface area contributed by atoms with E-state index in [2.05, 4.69) is 16.0 Å². The maximum atomic E-state index is 13.6. The highest BCUT2D eigenvalue weighted by atomic mass is 16.4. The molecule has 4 aromatic rings. The molecule has 0 unspecified atom stereocenters. The maximum Gasteiger partial charge on any atom is 0.323 e. The lowest BCUT2D eigenvalue weighted by atomic mass is 10.1. The molecule has 0 atom stereocenters. The number of carbonyl (C=O) groups excluding carboxylic acids is 4. The minimum atomic E-state index is -1.08. The fourth-order valence-corrected chi connectivity index (χ4v) is 5.28. The molecule has 4 N–H and O–H groups in total. The Morgan fingerprint density at radius 3 is 2.19 bits per heavy atom. The van der Waals surface area contributed by atoms with E-state index >= 15 is 0 Å². The van der Waals surface area contributed by atoms with Crippen molar-refractivity contribution in [2.45, 2.75) is 26.2 Å². The second-order valence-electron chi connectivity index (χ2n) is 11.2. The van der Waals surface area contributed by atoms with E-state index in [1.165, 1.54) is 11.0 Å². The van der Waals surface area contributed by atoms with E-state index in [-0.39, 0.29) is 49.3 Å². The van der Waals surface area contributed by atoms with Crippen LogP contribution in [0.2, 0.25) is 0 Å². The first-order chi connectivity index (χ1) is 22.7. The third-order valence-electron chi connectivity index (χ3n) is 7.75. The van der Waals surface area contributed by atoms with E-state index in [0.29, 0.717) is 41.3 Å². The van der Waals surface area contributed by atoms with Gasteiger partial charge in [0.1, 0.15) is 6.54 Å². The number of anilines is 4. The maximum absolute atomic E-state index is 13.6. The van der Waals surface area contributed by atoms with Gasteiger partial charge in [-0.1, -0.05) is 60.7 Å². The Bertz CT molecular complexity index is 1790. The third kappa shape index (κ3) is 8.60. The Kier molecular flexibility index (Phi) is 10.3. The van der Waals surface area contributed by atoms with Crippen molar-refractivity contribution >= 4 is 52.5 Å². The van der Waals surface area contributed by atoms with Gasteiger partial charge in [0, 0.05) is 30.2 Å². The summed E-state index contributed by atoms with van der Waals surface area (Å²) >= 11 is 0. The molecule has 0 aliphatic carbocycles. The average molecular weight is 634 g/mol. The lowest BCUT2D eigenvalue weighted by Gasteiger charge is -2.23. The summed E-state index contributed by atoms with van der Waals surface area (Å²) in [5, 5.41) is 17.6. The summed E-state index contributed by atoms with van der Waals surface area (Å²) in [5.74, 6) is -2.21. The highest BCUT2D eigenvalue weighted by Gasteiger charge is 2.32. The number of aliphatic carboxylic acids is 1. The molecule has 0 saturated heterocycles. The van der Waals surface area contributed by atoms with Crippen molar-refractivity contribution in [1.29, 1.82) is 0 Å². The number of urea groups is 1. The van der Waals surface area contributed by atoms with Crippen LogP contribution in [0.5, 0.6) is 0 Å². The normalized spacial score (nSPS) is 12.6. The molecule has 1 heterocycles. The summed E-state index contributed by atoms with van der Waals surface area (Å²) in [5.41, 5.74) is 4.90. The van der Waals surface area contributed by atoms with Gasteiger partial charge in [-0.2, -0.15) is 0 Å². The van der Waals surface area contributed by atoms with Gasteiger partial charge in [0.15, 0.2) is 0 Å². The zero-order valence-corrected chi connectivity index (χ0v) is 25.9. The van der Waals surface area contributed by atoms with Crippen molar-refractivity contribution in [3.8, 4) is 0 Å². The van der Waals surface area contributed by atoms with Crippen LogP contribution in [-0.2, 0) is 27.2 Å². The average Bonchev–Trinajstić information content (AvgIpc) is 3.14. The van der Waals surface area contributed by atoms with Crippen LogP contribution < -0.4 is 20.9 Å². The van der Waals surface area contributed by atoms with Crippen molar-refractivity contribution in [1.82, 2.24) is 4.90 Å². The van der Waals surface area contributed by atoms with Crippen LogP contribution in [-0.4, -0.2) is 59.4 Å². The number of hydrogen-bond donors (Lipinski definition) is 4. The van der Waals surface area contributed by atoms with Gasteiger partial charge in [-0.15, -0.1) is 0 Å². The number of hydrogen-bond acceptors (Lipinski definition) is 5. The molecule has 1 aliphatic rings. The Morgan fingerprint density at radius 2 is 1.47 bits per heavy atom. The minimum absolute atomic E-state index is 0.0349. The quantitative estimate of drug-likeness (QED) is 0.176. The van der Waals surface area contributed by atoms with E-state index < -0.39 is 11.9 Å². The zero-order valence-electron chi connectivity index (χ0n) is 25.9. The highest BCUT2D eigenvalue weighted by Crippen LogP contribution is 2.29. The minimum Gasteiger partial charge on any atom is -0.481 e. The van der Waals surface area contributed by atoms with E-state index in [0.717, 1.165) is 11.1 Å². The van der Waals surface area contributed by atoms with Crippen LogP contribution in [0, 0.1) is 6.92 Å². The van der Waals surface area contributed by atoms with Crippen LogP contribution in [0.25, 0.3) is 0 Å². The molecule has 5 rings (SSSR count). The molecule has 5 amide bonds. The Hall–Kier alpha value is -5.97. The smallest absolute Gasteiger partial charge is 0.323 e. The molecule has 0 spiro atoms. The first-order valence-electron chi connectivity index (χ1n) is 15.2. The molecule has 47 heavy (non-hydrogen) atoms. The molecular formula is C36H35N5O6. The number of nitrogens with one attached hydrogen (secondary N) is 3. The first-order valence-corrected chi connectivity index (χ1v) is 15.2. The van der Waals surface area contributed by atoms with Gasteiger partial charge >= 0.3 is 12.0 Å². The van der Waals surface area contributed by atoms with E-state index in [4.69, 9.17) is 0 Å². The fourth-order valence-electron chi connectivity index (χ4n) is 5.28. The number of carbonyl (C=O) groups is 5. The Balaban J connectivity index is 1.26. The van der Waals surface area contributed by atoms with Gasteiger partial charge in [0.25, 0.3) is 5.91 Å². The number of benzene rings is 4. The van der Waals surface area contributed by atoms with Gasteiger partial charge in [0.05, 0.1) is 24.1 Å². The molecule has 11 nitrogen and oxygen atoms in total. The molecular weight excluding hydrogens is 598 g/mol. The molecule has 11 heteroatoms. The Morgan fingerprint density at radius 1 is 0.766 bits per heavy atom. The number of carboxylic acid groups (broad SMARTS) is 1. The van der Waals surface area contributed by atoms with Crippen molar-refractivity contribution in [2.75, 3.05) is 40.5 Å². The van der Waals surface area contributed by atoms with Crippen molar-refractivity contribution in [3.05, 3.63) is 119 Å². The van der Waals surface area contributed by atoms with Crippen molar-refractivity contribution in [2.24, 2.45) is 0 Å². The molecule has 0 fully saturated rings. The van der Waals surface area contributed by atoms with E-state index in [1.54, 1.807) is 41.3 Å². The summed E-state index contributed by atoms with van der Waals surface area (Å²) in [6, 6.07) is 28.4. The predicted octanol–water partition coefficient (Wildman–Crippen LogP) is 5.33. The van der Waals surface area contributed by atoms with Gasteiger partial charge in [-0.05, 0) is 66.4 Å². The zero-order chi connectivity index (χ0) is 33.3. The number of carboxylic acids is 1. The topological polar surface area (TPSA) is 148 Å². The predicted molar refractivity (Wildman–Crippen MR) is 180 cm³/mol. The largest absolute Gasteiger partial charge is 0.481 e.